The normalized spacial score (nSPS) is 14.8. The third kappa shape index (κ3) is 4.82. The molecule has 12 heteroatoms. The lowest BCUT2D eigenvalue weighted by Crippen LogP contribution is -2.47. The maximum absolute atomic E-state index is 12.4. The first-order chi connectivity index (χ1) is 13.4. The van der Waals surface area contributed by atoms with Crippen LogP contribution in [0.4, 0.5) is 36.7 Å². The van der Waals surface area contributed by atoms with Crippen molar-refractivity contribution in [2.75, 3.05) is 60.4 Å². The van der Waals surface area contributed by atoms with Crippen LogP contribution in [0.3, 0.4) is 0 Å². The fraction of sp³-hybridized carbons (Fsp3) is 0.438. The smallest absolute Gasteiger partial charge is 0.405 e. The summed E-state index contributed by atoms with van der Waals surface area (Å²) in [6.45, 7) is 1.05. The monoisotopic (exact) mass is 399 g/mol. The van der Waals surface area contributed by atoms with Gasteiger partial charge in [-0.2, -0.15) is 28.1 Å². The minimum Gasteiger partial charge on any atom is -0.495 e. The number of halogens is 3. The average Bonchev–Trinajstić information content (AvgIpc) is 2.71. The van der Waals surface area contributed by atoms with Crippen molar-refractivity contribution in [3.05, 3.63) is 24.3 Å². The summed E-state index contributed by atoms with van der Waals surface area (Å²) in [4.78, 5) is 15.7. The quantitative estimate of drug-likeness (QED) is 0.630. The van der Waals surface area contributed by atoms with Crippen LogP contribution >= 0.6 is 0 Å². The molecular formula is C16H20F3N7O2. The second kappa shape index (κ2) is 8.33. The van der Waals surface area contributed by atoms with Crippen LogP contribution in [-0.4, -0.2) is 66.2 Å². The Morgan fingerprint density at radius 3 is 2.32 bits per heavy atom. The molecule has 9 nitrogen and oxygen atoms in total. The Kier molecular flexibility index (Phi) is 5.87. The van der Waals surface area contributed by atoms with Gasteiger partial charge in [0.2, 0.25) is 11.9 Å². The number of nitrogens with one attached hydrogen (secondary N) is 2. The van der Waals surface area contributed by atoms with Gasteiger partial charge in [0, 0.05) is 26.2 Å². The molecule has 0 aliphatic carbocycles. The van der Waals surface area contributed by atoms with E-state index in [1.54, 1.807) is 12.6 Å². The number of para-hydroxylation sites is 2. The summed E-state index contributed by atoms with van der Waals surface area (Å²) in [5, 5.41) is 11.2. The highest BCUT2D eigenvalue weighted by atomic mass is 19.4. The first-order valence-electron chi connectivity index (χ1n) is 8.49. The van der Waals surface area contributed by atoms with Gasteiger partial charge in [-0.05, 0) is 12.1 Å². The summed E-state index contributed by atoms with van der Waals surface area (Å²) >= 11 is 0. The van der Waals surface area contributed by atoms with E-state index in [1.165, 1.54) is 0 Å². The Labute approximate surface area is 159 Å². The molecule has 152 valence electrons. The summed E-state index contributed by atoms with van der Waals surface area (Å²) in [7, 11) is 1.61. The van der Waals surface area contributed by atoms with E-state index in [2.05, 4.69) is 25.2 Å². The van der Waals surface area contributed by atoms with E-state index in [9.17, 15) is 13.2 Å². The molecule has 1 aliphatic rings. The fourth-order valence-corrected chi connectivity index (χ4v) is 2.85. The predicted molar refractivity (Wildman–Crippen MR) is 97.2 cm³/mol. The van der Waals surface area contributed by atoms with Crippen molar-refractivity contribution in [2.24, 2.45) is 0 Å². The molecule has 3 N–H and O–H groups in total. The molecule has 0 saturated carbocycles. The SMILES string of the molecule is COc1ccccc1N1CCN(c2nc(NO)nc(NCC(F)(F)F)n2)CC1. The Bertz CT molecular complexity index is 798. The molecule has 1 aromatic carbocycles. The number of rotatable bonds is 6. The number of alkyl halides is 3. The predicted octanol–water partition coefficient (Wildman–Crippen LogP) is 1.98. The molecule has 28 heavy (non-hydrogen) atoms. The van der Waals surface area contributed by atoms with Gasteiger partial charge < -0.3 is 19.9 Å². The number of nitrogens with zero attached hydrogens (tertiary/aromatic N) is 5. The summed E-state index contributed by atoms with van der Waals surface area (Å²) < 4.78 is 42.6. The molecule has 1 fully saturated rings. The number of anilines is 4. The number of aromatic nitrogens is 3. The summed E-state index contributed by atoms with van der Waals surface area (Å²) in [6.07, 6.45) is -4.42. The van der Waals surface area contributed by atoms with Crippen molar-refractivity contribution in [3.8, 4) is 5.75 Å². The van der Waals surface area contributed by atoms with Gasteiger partial charge in [-0.3, -0.25) is 5.21 Å². The third-order valence-corrected chi connectivity index (χ3v) is 4.16. The van der Waals surface area contributed by atoms with E-state index in [4.69, 9.17) is 9.94 Å². The molecular weight excluding hydrogens is 379 g/mol. The second-order valence-corrected chi connectivity index (χ2v) is 6.01. The summed E-state index contributed by atoms with van der Waals surface area (Å²) in [5.41, 5.74) is 2.72. The molecule has 2 heterocycles. The zero-order valence-electron chi connectivity index (χ0n) is 15.1. The second-order valence-electron chi connectivity index (χ2n) is 6.01. The number of methoxy groups -OCH3 is 1. The molecule has 0 bridgehead atoms. The van der Waals surface area contributed by atoms with Crippen molar-refractivity contribution in [1.82, 2.24) is 15.0 Å². The standard InChI is InChI=1S/C16H20F3N7O2/c1-28-12-5-3-2-4-11(12)25-6-8-26(9-7-25)15-22-13(20-10-16(17,18)19)21-14(23-15)24-27/h2-5,27H,6-10H2,1H3,(H2,20,21,22,23,24). The molecule has 2 aromatic rings. The Balaban J connectivity index is 1.71. The van der Waals surface area contributed by atoms with Crippen molar-refractivity contribution in [1.29, 1.82) is 0 Å². The van der Waals surface area contributed by atoms with Crippen LogP contribution in [0.5, 0.6) is 5.75 Å². The first kappa shape index (κ1) is 19.7. The highest BCUT2D eigenvalue weighted by Crippen LogP contribution is 2.29. The van der Waals surface area contributed by atoms with Gasteiger partial charge in [0.05, 0.1) is 12.8 Å². The molecule has 0 amide bonds. The molecule has 0 spiro atoms. The highest BCUT2D eigenvalue weighted by Gasteiger charge is 2.28. The van der Waals surface area contributed by atoms with Crippen LogP contribution in [-0.2, 0) is 0 Å². The van der Waals surface area contributed by atoms with Gasteiger partial charge in [0.15, 0.2) is 0 Å². The molecule has 1 saturated heterocycles. The van der Waals surface area contributed by atoms with Gasteiger partial charge in [-0.15, -0.1) is 0 Å². The van der Waals surface area contributed by atoms with Crippen LogP contribution < -0.4 is 25.3 Å². The van der Waals surface area contributed by atoms with Gasteiger partial charge >= 0.3 is 6.18 Å². The largest absolute Gasteiger partial charge is 0.495 e. The first-order valence-corrected chi connectivity index (χ1v) is 8.49. The topological polar surface area (TPSA) is 98.7 Å². The van der Waals surface area contributed by atoms with Gasteiger partial charge in [-0.25, -0.2) is 5.48 Å². The molecule has 3 rings (SSSR count). The number of hydrogen-bond acceptors (Lipinski definition) is 9. The number of ether oxygens (including phenoxy) is 1. The van der Waals surface area contributed by atoms with Crippen LogP contribution in [0, 0.1) is 0 Å². The summed E-state index contributed by atoms with van der Waals surface area (Å²) in [5.74, 6) is 0.435. The van der Waals surface area contributed by atoms with E-state index in [0.29, 0.717) is 26.2 Å². The summed E-state index contributed by atoms with van der Waals surface area (Å²) in [6, 6.07) is 7.66. The van der Waals surface area contributed by atoms with E-state index < -0.39 is 12.7 Å². The third-order valence-electron chi connectivity index (χ3n) is 4.16. The van der Waals surface area contributed by atoms with E-state index in [0.717, 1.165) is 11.4 Å². The van der Waals surface area contributed by atoms with Crippen LogP contribution in [0.2, 0.25) is 0 Å². The van der Waals surface area contributed by atoms with Gasteiger partial charge in [0.25, 0.3) is 5.95 Å². The van der Waals surface area contributed by atoms with Gasteiger partial charge in [0.1, 0.15) is 12.3 Å². The van der Waals surface area contributed by atoms with Crippen LogP contribution in [0.15, 0.2) is 24.3 Å². The van der Waals surface area contributed by atoms with Crippen molar-refractivity contribution in [3.63, 3.8) is 0 Å². The molecule has 1 aromatic heterocycles. The minimum absolute atomic E-state index is 0.177. The molecule has 0 unspecified atom stereocenters. The lowest BCUT2D eigenvalue weighted by atomic mass is 10.2. The number of piperazine rings is 1. The zero-order valence-corrected chi connectivity index (χ0v) is 15.1. The average molecular weight is 399 g/mol. The lowest BCUT2D eigenvalue weighted by molar-refractivity contribution is -0.115. The fourth-order valence-electron chi connectivity index (χ4n) is 2.85. The number of hydrogen-bond donors (Lipinski definition) is 3. The van der Waals surface area contributed by atoms with E-state index in [-0.39, 0.29) is 17.8 Å². The Morgan fingerprint density at radius 1 is 1.04 bits per heavy atom. The van der Waals surface area contributed by atoms with Crippen LogP contribution in [0.1, 0.15) is 0 Å². The zero-order chi connectivity index (χ0) is 20.1. The molecule has 0 radical (unpaired) electrons. The number of benzene rings is 1. The van der Waals surface area contributed by atoms with Gasteiger partial charge in [-0.1, -0.05) is 12.1 Å². The van der Waals surface area contributed by atoms with E-state index in [1.807, 2.05) is 29.2 Å². The van der Waals surface area contributed by atoms with Crippen molar-refractivity contribution < 1.29 is 23.1 Å². The lowest BCUT2D eigenvalue weighted by Gasteiger charge is -2.36. The van der Waals surface area contributed by atoms with Crippen molar-refractivity contribution >= 4 is 23.5 Å². The van der Waals surface area contributed by atoms with E-state index >= 15 is 0 Å². The molecule has 1 aliphatic heterocycles. The Hall–Kier alpha value is -3.02. The highest BCUT2D eigenvalue weighted by molar-refractivity contribution is 5.59. The maximum Gasteiger partial charge on any atom is 0.405 e. The Morgan fingerprint density at radius 2 is 1.68 bits per heavy atom. The molecule has 0 atom stereocenters. The maximum atomic E-state index is 12.4. The van der Waals surface area contributed by atoms with Crippen LogP contribution in [0.25, 0.3) is 0 Å². The minimum atomic E-state index is -4.42. The van der Waals surface area contributed by atoms with Crippen molar-refractivity contribution in [2.45, 2.75) is 6.18 Å².